The van der Waals surface area contributed by atoms with Crippen molar-refractivity contribution in [1.82, 2.24) is 0 Å². The fraction of sp³-hybridized carbons (Fsp3) is 0.167. The Kier molecular flexibility index (Phi) is 4.09. The van der Waals surface area contributed by atoms with E-state index < -0.39 is 6.04 Å². The molecule has 0 bridgehead atoms. The van der Waals surface area contributed by atoms with Crippen molar-refractivity contribution in [3.05, 3.63) is 89.5 Å². The summed E-state index contributed by atoms with van der Waals surface area (Å²) >= 11 is 0. The van der Waals surface area contributed by atoms with Gasteiger partial charge in [-0.05, 0) is 36.2 Å². The van der Waals surface area contributed by atoms with E-state index in [0.29, 0.717) is 18.0 Å². The van der Waals surface area contributed by atoms with Crippen LogP contribution in [0.2, 0.25) is 0 Å². The number of ether oxygens (including phenoxy) is 1. The number of aryl methyl sites for hydroxylation is 1. The Balaban J connectivity index is 1.60. The van der Waals surface area contributed by atoms with Gasteiger partial charge in [-0.2, -0.15) is 0 Å². The number of carbonyl (C=O) groups is 2. The maximum absolute atomic E-state index is 13.6. The van der Waals surface area contributed by atoms with Gasteiger partial charge in [0.15, 0.2) is 6.61 Å². The van der Waals surface area contributed by atoms with Gasteiger partial charge in [-0.25, -0.2) is 0 Å². The molecule has 29 heavy (non-hydrogen) atoms. The summed E-state index contributed by atoms with van der Waals surface area (Å²) in [7, 11) is 0. The first-order valence-corrected chi connectivity index (χ1v) is 9.63. The normalized spacial score (nSPS) is 17.8. The van der Waals surface area contributed by atoms with E-state index in [-0.39, 0.29) is 18.4 Å². The second-order valence-corrected chi connectivity index (χ2v) is 7.39. The van der Waals surface area contributed by atoms with Crippen LogP contribution in [0.5, 0.6) is 5.75 Å². The minimum atomic E-state index is -0.688. The van der Waals surface area contributed by atoms with Crippen molar-refractivity contribution in [3.63, 3.8) is 0 Å². The summed E-state index contributed by atoms with van der Waals surface area (Å²) in [4.78, 5) is 29.9. The SMILES string of the molecule is Cc1ccc2c(c1)N(C1C(=O)N(Cc3ccccc3)c3ccccc31)C(=O)CO2. The third kappa shape index (κ3) is 2.86. The molecule has 1 atom stereocenters. The van der Waals surface area contributed by atoms with Gasteiger partial charge in [-0.3, -0.25) is 14.5 Å². The van der Waals surface area contributed by atoms with E-state index in [1.807, 2.05) is 79.7 Å². The molecule has 0 saturated carbocycles. The molecule has 144 valence electrons. The summed E-state index contributed by atoms with van der Waals surface area (Å²) in [6.07, 6.45) is 0. The van der Waals surface area contributed by atoms with Gasteiger partial charge in [0.2, 0.25) is 0 Å². The van der Waals surface area contributed by atoms with E-state index in [0.717, 1.165) is 22.4 Å². The van der Waals surface area contributed by atoms with Crippen molar-refractivity contribution in [2.75, 3.05) is 16.4 Å². The van der Waals surface area contributed by atoms with Crippen molar-refractivity contribution in [1.29, 1.82) is 0 Å². The van der Waals surface area contributed by atoms with Crippen LogP contribution in [0.3, 0.4) is 0 Å². The van der Waals surface area contributed by atoms with Crippen molar-refractivity contribution in [2.45, 2.75) is 19.5 Å². The molecule has 3 aromatic rings. The average Bonchev–Trinajstić information content (AvgIpc) is 3.00. The molecule has 2 amide bonds. The molecule has 2 aliphatic rings. The number of rotatable bonds is 3. The molecular weight excluding hydrogens is 364 g/mol. The zero-order valence-corrected chi connectivity index (χ0v) is 16.0. The van der Waals surface area contributed by atoms with Gasteiger partial charge in [0.25, 0.3) is 11.8 Å². The van der Waals surface area contributed by atoms with Crippen LogP contribution in [0.4, 0.5) is 11.4 Å². The Morgan fingerprint density at radius 2 is 1.69 bits per heavy atom. The smallest absolute Gasteiger partial charge is 0.266 e. The van der Waals surface area contributed by atoms with Gasteiger partial charge < -0.3 is 9.64 Å². The average molecular weight is 384 g/mol. The fourth-order valence-corrected chi connectivity index (χ4v) is 4.11. The topological polar surface area (TPSA) is 49.9 Å². The van der Waals surface area contributed by atoms with Gasteiger partial charge >= 0.3 is 0 Å². The van der Waals surface area contributed by atoms with E-state index in [2.05, 4.69) is 0 Å². The molecule has 1 unspecified atom stereocenters. The Bertz CT molecular complexity index is 1110. The molecule has 2 aliphatic heterocycles. The van der Waals surface area contributed by atoms with Gasteiger partial charge in [-0.15, -0.1) is 0 Å². The zero-order chi connectivity index (χ0) is 20.0. The predicted octanol–water partition coefficient (Wildman–Crippen LogP) is 4.01. The van der Waals surface area contributed by atoms with Crippen LogP contribution in [0.1, 0.15) is 22.7 Å². The first-order valence-electron chi connectivity index (χ1n) is 9.63. The first-order chi connectivity index (χ1) is 14.1. The Morgan fingerprint density at radius 3 is 2.52 bits per heavy atom. The second kappa shape index (κ2) is 6.78. The van der Waals surface area contributed by atoms with E-state index in [4.69, 9.17) is 4.74 Å². The van der Waals surface area contributed by atoms with Gasteiger partial charge in [-0.1, -0.05) is 54.6 Å². The quantitative estimate of drug-likeness (QED) is 0.686. The molecule has 0 radical (unpaired) electrons. The maximum atomic E-state index is 13.6. The Morgan fingerprint density at radius 1 is 0.931 bits per heavy atom. The summed E-state index contributed by atoms with van der Waals surface area (Å²) in [5.74, 6) is 0.317. The summed E-state index contributed by atoms with van der Waals surface area (Å²) in [5, 5.41) is 0. The summed E-state index contributed by atoms with van der Waals surface area (Å²) < 4.78 is 5.61. The van der Waals surface area contributed by atoms with Crippen LogP contribution < -0.4 is 14.5 Å². The number of carbonyl (C=O) groups excluding carboxylic acids is 2. The number of para-hydroxylation sites is 1. The molecule has 0 aromatic heterocycles. The molecule has 0 aliphatic carbocycles. The molecule has 5 nitrogen and oxygen atoms in total. The van der Waals surface area contributed by atoms with Crippen LogP contribution in [-0.4, -0.2) is 18.4 Å². The number of hydrogen-bond acceptors (Lipinski definition) is 3. The van der Waals surface area contributed by atoms with Crippen molar-refractivity contribution >= 4 is 23.2 Å². The number of hydrogen-bond donors (Lipinski definition) is 0. The van der Waals surface area contributed by atoms with E-state index in [1.165, 1.54) is 0 Å². The van der Waals surface area contributed by atoms with Crippen LogP contribution in [0.25, 0.3) is 0 Å². The maximum Gasteiger partial charge on any atom is 0.266 e. The van der Waals surface area contributed by atoms with Gasteiger partial charge in [0.05, 0.1) is 12.2 Å². The lowest BCUT2D eigenvalue weighted by molar-refractivity contribution is -0.126. The highest BCUT2D eigenvalue weighted by Crippen LogP contribution is 2.45. The number of amides is 2. The zero-order valence-electron chi connectivity index (χ0n) is 16.0. The molecule has 0 N–H and O–H groups in total. The van der Waals surface area contributed by atoms with E-state index in [1.54, 1.807) is 9.80 Å². The first kappa shape index (κ1) is 17.5. The highest BCUT2D eigenvalue weighted by Gasteiger charge is 2.45. The lowest BCUT2D eigenvalue weighted by Gasteiger charge is -2.33. The van der Waals surface area contributed by atoms with E-state index in [9.17, 15) is 9.59 Å². The van der Waals surface area contributed by atoms with Crippen LogP contribution >= 0.6 is 0 Å². The molecule has 2 heterocycles. The summed E-state index contributed by atoms with van der Waals surface area (Å²) in [5.41, 5.74) is 4.39. The molecule has 0 spiro atoms. The third-order valence-corrected chi connectivity index (χ3v) is 5.46. The molecule has 0 fully saturated rings. The van der Waals surface area contributed by atoms with Crippen LogP contribution in [0, 0.1) is 6.92 Å². The monoisotopic (exact) mass is 384 g/mol. The largest absolute Gasteiger partial charge is 0.482 e. The molecule has 0 saturated heterocycles. The Labute approximate surface area is 169 Å². The second-order valence-electron chi connectivity index (χ2n) is 7.39. The molecular formula is C24H20N2O3. The standard InChI is InChI=1S/C24H20N2O3/c1-16-11-12-21-20(13-16)26(22(27)15-29-21)23-18-9-5-6-10-19(18)25(24(23)28)14-17-7-3-2-4-8-17/h2-13,23H,14-15H2,1H3. The summed E-state index contributed by atoms with van der Waals surface area (Å²) in [6, 6.07) is 22.6. The number of fused-ring (bicyclic) bond motifs is 2. The van der Waals surface area contributed by atoms with Crippen LogP contribution in [0.15, 0.2) is 72.8 Å². The predicted molar refractivity (Wildman–Crippen MR) is 111 cm³/mol. The molecule has 5 rings (SSSR count). The number of benzene rings is 3. The van der Waals surface area contributed by atoms with Crippen LogP contribution in [-0.2, 0) is 16.1 Å². The van der Waals surface area contributed by atoms with Gasteiger partial charge in [0.1, 0.15) is 11.8 Å². The summed E-state index contributed by atoms with van der Waals surface area (Å²) in [6.45, 7) is 2.36. The minimum absolute atomic E-state index is 0.0688. The van der Waals surface area contributed by atoms with Crippen molar-refractivity contribution in [2.24, 2.45) is 0 Å². The minimum Gasteiger partial charge on any atom is -0.482 e. The number of anilines is 2. The number of nitrogens with zero attached hydrogens (tertiary/aromatic N) is 2. The fourth-order valence-electron chi connectivity index (χ4n) is 4.11. The highest BCUT2D eigenvalue weighted by molar-refractivity contribution is 6.12. The van der Waals surface area contributed by atoms with Crippen molar-refractivity contribution < 1.29 is 14.3 Å². The lowest BCUT2D eigenvalue weighted by atomic mass is 10.0. The molecule has 3 aromatic carbocycles. The third-order valence-electron chi connectivity index (χ3n) is 5.46. The van der Waals surface area contributed by atoms with Gasteiger partial charge in [0, 0.05) is 11.3 Å². The highest BCUT2D eigenvalue weighted by atomic mass is 16.5. The molecule has 5 heteroatoms. The van der Waals surface area contributed by atoms with Crippen molar-refractivity contribution in [3.8, 4) is 5.75 Å². The van der Waals surface area contributed by atoms with E-state index >= 15 is 0 Å². The Hall–Kier alpha value is -3.60. The lowest BCUT2D eigenvalue weighted by Crippen LogP contribution is -2.45.